The maximum Gasteiger partial charge on any atom is 0.189 e. The molecule has 4 aromatic rings. The third-order valence-electron chi connectivity index (χ3n) is 3.65. The zero-order valence-electron chi connectivity index (χ0n) is 12.6. The van der Waals surface area contributed by atoms with Crippen molar-refractivity contribution in [3.8, 4) is 11.3 Å². The van der Waals surface area contributed by atoms with Crippen molar-refractivity contribution in [3.63, 3.8) is 0 Å². The monoisotopic (exact) mass is 321 g/mol. The Morgan fingerprint density at radius 3 is 2.96 bits per heavy atom. The molecule has 0 saturated carbocycles. The van der Waals surface area contributed by atoms with Gasteiger partial charge in [0.25, 0.3) is 0 Å². The Balaban J connectivity index is 1.66. The molecular formula is C17H15N5S. The zero-order valence-corrected chi connectivity index (χ0v) is 13.4. The van der Waals surface area contributed by atoms with Crippen molar-refractivity contribution in [1.29, 1.82) is 0 Å². The summed E-state index contributed by atoms with van der Waals surface area (Å²) in [5, 5.41) is 4.14. The van der Waals surface area contributed by atoms with Crippen LogP contribution in [0.3, 0.4) is 0 Å². The number of hydrogen-bond acceptors (Lipinski definition) is 5. The van der Waals surface area contributed by atoms with Crippen LogP contribution in [0.15, 0.2) is 49.1 Å². The normalized spacial score (nSPS) is 11.0. The summed E-state index contributed by atoms with van der Waals surface area (Å²) in [6.45, 7) is 2.13. The number of thiazole rings is 1. The first-order chi connectivity index (χ1) is 11.3. The second-order valence-corrected chi connectivity index (χ2v) is 6.21. The van der Waals surface area contributed by atoms with E-state index >= 15 is 0 Å². The molecule has 4 rings (SSSR count). The van der Waals surface area contributed by atoms with Crippen molar-refractivity contribution >= 4 is 32.5 Å². The smallest absolute Gasteiger partial charge is 0.189 e. The molecule has 6 heteroatoms. The summed E-state index contributed by atoms with van der Waals surface area (Å²) in [6.07, 6.45) is 6.39. The van der Waals surface area contributed by atoms with Crippen LogP contribution in [0.5, 0.6) is 0 Å². The summed E-state index contributed by atoms with van der Waals surface area (Å²) >= 11 is 1.62. The average Bonchev–Trinajstić information content (AvgIpc) is 3.23. The van der Waals surface area contributed by atoms with E-state index in [1.807, 2.05) is 30.6 Å². The molecule has 23 heavy (non-hydrogen) atoms. The van der Waals surface area contributed by atoms with Crippen LogP contribution in [0.25, 0.3) is 21.5 Å². The fourth-order valence-corrected chi connectivity index (χ4v) is 3.34. The lowest BCUT2D eigenvalue weighted by Gasteiger charge is -2.02. The van der Waals surface area contributed by atoms with Crippen LogP contribution in [0.4, 0.5) is 10.9 Å². The topological polar surface area (TPSA) is 66.5 Å². The van der Waals surface area contributed by atoms with E-state index in [-0.39, 0.29) is 0 Å². The van der Waals surface area contributed by atoms with Gasteiger partial charge in [-0.15, -0.1) is 0 Å². The van der Waals surface area contributed by atoms with Gasteiger partial charge in [-0.05, 0) is 36.2 Å². The highest BCUT2D eigenvalue weighted by Gasteiger charge is 2.07. The molecule has 1 aromatic carbocycles. The number of pyridine rings is 1. The van der Waals surface area contributed by atoms with E-state index < -0.39 is 0 Å². The number of hydrogen-bond donors (Lipinski definition) is 2. The van der Waals surface area contributed by atoms with Gasteiger partial charge >= 0.3 is 0 Å². The summed E-state index contributed by atoms with van der Waals surface area (Å²) in [5.74, 6) is 0.830. The van der Waals surface area contributed by atoms with Crippen LogP contribution in [0, 0.1) is 0 Å². The van der Waals surface area contributed by atoms with E-state index in [1.165, 1.54) is 5.56 Å². The average molecular weight is 321 g/mol. The molecule has 0 unspecified atom stereocenters. The van der Waals surface area contributed by atoms with Gasteiger partial charge in [-0.2, -0.15) is 0 Å². The first-order valence-corrected chi connectivity index (χ1v) is 8.25. The molecule has 0 spiro atoms. The maximum atomic E-state index is 4.63. The molecule has 2 N–H and O–H groups in total. The predicted molar refractivity (Wildman–Crippen MR) is 94.1 cm³/mol. The summed E-state index contributed by atoms with van der Waals surface area (Å²) < 4.78 is 1.12. The number of H-pyrrole nitrogens is 1. The van der Waals surface area contributed by atoms with E-state index in [9.17, 15) is 0 Å². The Morgan fingerprint density at radius 1 is 1.17 bits per heavy atom. The number of aromatic nitrogens is 4. The molecule has 0 atom stereocenters. The fourth-order valence-electron chi connectivity index (χ4n) is 2.43. The molecule has 114 valence electrons. The van der Waals surface area contributed by atoms with Crippen LogP contribution in [-0.4, -0.2) is 19.9 Å². The highest BCUT2D eigenvalue weighted by Crippen LogP contribution is 2.31. The molecule has 0 aliphatic rings. The quantitative estimate of drug-likeness (QED) is 0.585. The lowest BCUT2D eigenvalue weighted by Crippen LogP contribution is -1.93. The van der Waals surface area contributed by atoms with Crippen LogP contribution in [0.1, 0.15) is 12.5 Å². The Bertz CT molecular complexity index is 943. The standard InChI is InChI=1S/C17H15N5S/c1-2-11-5-6-19-16(7-11)22-17-21-13-4-3-12(8-15(13)23-17)14-9-18-10-20-14/h3-10H,2H2,1H3,(H,18,20)(H,19,21,22). The van der Waals surface area contributed by atoms with Crippen LogP contribution in [0.2, 0.25) is 0 Å². The molecule has 0 bridgehead atoms. The fraction of sp³-hybridized carbons (Fsp3) is 0.118. The number of aryl methyl sites for hydroxylation is 1. The summed E-state index contributed by atoms with van der Waals surface area (Å²) in [5.41, 5.74) is 4.25. The zero-order chi connectivity index (χ0) is 15.6. The molecule has 3 aromatic heterocycles. The van der Waals surface area contributed by atoms with Crippen molar-refractivity contribution < 1.29 is 0 Å². The van der Waals surface area contributed by atoms with E-state index in [1.54, 1.807) is 17.7 Å². The molecule has 0 saturated heterocycles. The number of aromatic amines is 1. The molecule has 0 aliphatic heterocycles. The Morgan fingerprint density at radius 2 is 2.13 bits per heavy atom. The summed E-state index contributed by atoms with van der Waals surface area (Å²) in [6, 6.07) is 10.3. The highest BCUT2D eigenvalue weighted by atomic mass is 32.1. The van der Waals surface area contributed by atoms with Gasteiger partial charge in [0, 0.05) is 18.0 Å². The Kier molecular flexibility index (Phi) is 3.51. The minimum absolute atomic E-state index is 0.830. The minimum atomic E-state index is 0.830. The molecule has 0 aliphatic carbocycles. The lowest BCUT2D eigenvalue weighted by atomic mass is 10.2. The third-order valence-corrected chi connectivity index (χ3v) is 4.58. The van der Waals surface area contributed by atoms with Gasteiger partial charge < -0.3 is 10.3 Å². The van der Waals surface area contributed by atoms with Crippen molar-refractivity contribution in [2.24, 2.45) is 0 Å². The summed E-state index contributed by atoms with van der Waals surface area (Å²) in [4.78, 5) is 16.2. The SMILES string of the molecule is CCc1ccnc(Nc2nc3ccc(-c4c[nH]cn4)cc3s2)c1. The van der Waals surface area contributed by atoms with Crippen molar-refractivity contribution in [1.82, 2.24) is 19.9 Å². The molecule has 0 radical (unpaired) electrons. The van der Waals surface area contributed by atoms with Gasteiger partial charge in [0.15, 0.2) is 5.13 Å². The Labute approximate surface area is 137 Å². The minimum Gasteiger partial charge on any atom is -0.351 e. The number of benzene rings is 1. The highest BCUT2D eigenvalue weighted by molar-refractivity contribution is 7.22. The predicted octanol–water partition coefficient (Wildman–Crippen LogP) is 4.39. The van der Waals surface area contributed by atoms with Gasteiger partial charge in [0.2, 0.25) is 0 Å². The van der Waals surface area contributed by atoms with Gasteiger partial charge in [-0.1, -0.05) is 24.3 Å². The number of nitrogens with zero attached hydrogens (tertiary/aromatic N) is 3. The molecule has 3 heterocycles. The second kappa shape index (κ2) is 5.81. The first-order valence-electron chi connectivity index (χ1n) is 7.43. The number of nitrogens with one attached hydrogen (secondary N) is 2. The van der Waals surface area contributed by atoms with E-state index in [2.05, 4.69) is 44.3 Å². The van der Waals surface area contributed by atoms with Crippen LogP contribution >= 0.6 is 11.3 Å². The summed E-state index contributed by atoms with van der Waals surface area (Å²) in [7, 11) is 0. The number of imidazole rings is 1. The molecule has 0 fully saturated rings. The molecule has 0 amide bonds. The van der Waals surface area contributed by atoms with E-state index in [0.717, 1.165) is 38.8 Å². The largest absolute Gasteiger partial charge is 0.351 e. The van der Waals surface area contributed by atoms with Crippen molar-refractivity contribution in [2.45, 2.75) is 13.3 Å². The number of anilines is 2. The third kappa shape index (κ3) is 2.80. The van der Waals surface area contributed by atoms with Crippen molar-refractivity contribution in [2.75, 3.05) is 5.32 Å². The molecular weight excluding hydrogens is 306 g/mol. The van der Waals surface area contributed by atoms with Crippen LogP contribution < -0.4 is 5.32 Å². The lowest BCUT2D eigenvalue weighted by molar-refractivity contribution is 1.12. The number of rotatable bonds is 4. The maximum absolute atomic E-state index is 4.63. The molecule has 5 nitrogen and oxygen atoms in total. The van der Waals surface area contributed by atoms with Gasteiger partial charge in [0.1, 0.15) is 5.82 Å². The van der Waals surface area contributed by atoms with E-state index in [4.69, 9.17) is 0 Å². The second-order valence-electron chi connectivity index (χ2n) is 5.18. The Hall–Kier alpha value is -2.73. The van der Waals surface area contributed by atoms with Gasteiger partial charge in [0.05, 0.1) is 22.2 Å². The van der Waals surface area contributed by atoms with Crippen molar-refractivity contribution in [3.05, 3.63) is 54.6 Å². The van der Waals surface area contributed by atoms with Crippen LogP contribution in [-0.2, 0) is 6.42 Å². The first kappa shape index (κ1) is 13.9. The van der Waals surface area contributed by atoms with E-state index in [0.29, 0.717) is 0 Å². The van der Waals surface area contributed by atoms with Gasteiger partial charge in [-0.3, -0.25) is 0 Å². The van der Waals surface area contributed by atoms with Gasteiger partial charge in [-0.25, -0.2) is 15.0 Å². The number of fused-ring (bicyclic) bond motifs is 1.